The molecule has 0 saturated carbocycles. The van der Waals surface area contributed by atoms with Crippen LogP contribution in [0.5, 0.6) is 0 Å². The molecule has 2 heterocycles. The van der Waals surface area contributed by atoms with E-state index in [4.69, 9.17) is 5.11 Å². The van der Waals surface area contributed by atoms with Crippen LogP contribution in [0.1, 0.15) is 10.4 Å². The molecule has 1 unspecified atom stereocenters. The molecule has 0 bridgehead atoms. The first-order valence-corrected chi connectivity index (χ1v) is 7.94. The normalized spacial score (nSPS) is 16.4. The van der Waals surface area contributed by atoms with Crippen LogP contribution in [0.2, 0.25) is 0 Å². The number of fused-ring (bicyclic) bond motifs is 1. The molecule has 6 heteroatoms. The molecule has 1 aromatic rings. The third-order valence-electron chi connectivity index (χ3n) is 2.91. The van der Waals surface area contributed by atoms with Crippen LogP contribution in [-0.2, 0) is 17.8 Å². The van der Waals surface area contributed by atoms with Crippen molar-refractivity contribution >= 4 is 29.0 Å². The monoisotopic (exact) mass is 287 g/mol. The van der Waals surface area contributed by atoms with Gasteiger partial charge >= 0.3 is 0 Å². The van der Waals surface area contributed by atoms with Gasteiger partial charge in [0.1, 0.15) is 0 Å². The number of hydrogen-bond donors (Lipinski definition) is 2. The number of rotatable bonds is 5. The average molecular weight is 287 g/mol. The number of carbonyl (C=O) groups is 1. The zero-order valence-corrected chi connectivity index (χ0v) is 11.7. The van der Waals surface area contributed by atoms with Gasteiger partial charge < -0.3 is 15.1 Å². The molecule has 0 radical (unpaired) electrons. The van der Waals surface area contributed by atoms with Crippen LogP contribution in [0, 0.1) is 0 Å². The van der Waals surface area contributed by atoms with Crippen molar-refractivity contribution in [2.24, 2.45) is 0 Å². The molecule has 1 amide bonds. The maximum absolute atomic E-state index is 12.0. The summed E-state index contributed by atoms with van der Waals surface area (Å²) in [6.45, 7) is 1.25. The van der Waals surface area contributed by atoms with Crippen LogP contribution in [-0.4, -0.2) is 51.8 Å². The van der Waals surface area contributed by atoms with Crippen LogP contribution in [0.15, 0.2) is 11.4 Å². The molecule has 2 rings (SSSR count). The second kappa shape index (κ2) is 6.56. The number of carbonyl (C=O) groups excluding carboxylic acids is 1. The number of aliphatic hydroxyl groups is 2. The predicted molar refractivity (Wildman–Crippen MR) is 73.9 cm³/mol. The molecule has 0 aromatic carbocycles. The summed E-state index contributed by atoms with van der Waals surface area (Å²) in [7, 11) is 0. The second-order valence-electron chi connectivity index (χ2n) is 4.29. The Kier molecular flexibility index (Phi) is 5.05. The van der Waals surface area contributed by atoms with Gasteiger partial charge in [0.05, 0.1) is 18.5 Å². The molecule has 1 aromatic heterocycles. The molecular formula is C12H17NO3S2. The smallest absolute Gasteiger partial charge is 0.232 e. The summed E-state index contributed by atoms with van der Waals surface area (Å²) in [5, 5.41) is 19.9. The van der Waals surface area contributed by atoms with Crippen LogP contribution in [0.25, 0.3) is 0 Å². The van der Waals surface area contributed by atoms with Crippen molar-refractivity contribution in [3.05, 3.63) is 21.9 Å². The fraction of sp³-hybridized carbons (Fsp3) is 0.583. The highest BCUT2D eigenvalue weighted by Gasteiger charge is 2.21. The highest BCUT2D eigenvalue weighted by Crippen LogP contribution is 2.24. The summed E-state index contributed by atoms with van der Waals surface area (Å²) in [4.78, 5) is 15.2. The maximum Gasteiger partial charge on any atom is 0.232 e. The lowest BCUT2D eigenvalue weighted by molar-refractivity contribution is -0.129. The van der Waals surface area contributed by atoms with Crippen molar-refractivity contribution in [1.82, 2.24) is 4.90 Å². The van der Waals surface area contributed by atoms with Crippen molar-refractivity contribution in [1.29, 1.82) is 0 Å². The van der Waals surface area contributed by atoms with E-state index in [2.05, 4.69) is 11.4 Å². The Hall–Kier alpha value is -0.560. The fourth-order valence-corrected chi connectivity index (χ4v) is 3.63. The first kappa shape index (κ1) is 13.9. The lowest BCUT2D eigenvalue weighted by Gasteiger charge is -2.27. The van der Waals surface area contributed by atoms with E-state index in [9.17, 15) is 9.90 Å². The van der Waals surface area contributed by atoms with Crippen LogP contribution >= 0.6 is 23.1 Å². The SMILES string of the molecule is O=C(CSCC(O)CO)N1CCc2sccc2C1. The molecule has 2 N–H and O–H groups in total. The van der Waals surface area contributed by atoms with Crippen molar-refractivity contribution in [3.8, 4) is 0 Å². The largest absolute Gasteiger partial charge is 0.394 e. The van der Waals surface area contributed by atoms with Gasteiger partial charge in [0.15, 0.2) is 0 Å². The van der Waals surface area contributed by atoms with Gasteiger partial charge in [-0.25, -0.2) is 0 Å². The second-order valence-corrected chi connectivity index (χ2v) is 6.32. The number of thioether (sulfide) groups is 1. The molecule has 0 saturated heterocycles. The third-order valence-corrected chi connectivity index (χ3v) is 5.00. The van der Waals surface area contributed by atoms with Gasteiger partial charge in [-0.15, -0.1) is 23.1 Å². The Bertz CT molecular complexity index is 408. The van der Waals surface area contributed by atoms with Gasteiger partial charge in [0.25, 0.3) is 0 Å². The molecule has 1 atom stereocenters. The standard InChI is InChI=1S/C12H17NO3S2/c14-6-10(15)7-17-8-12(16)13-3-1-11-9(5-13)2-4-18-11/h2,4,10,14-15H,1,3,5-8H2. The third kappa shape index (κ3) is 3.47. The van der Waals surface area contributed by atoms with E-state index in [0.717, 1.165) is 13.0 Å². The maximum atomic E-state index is 12.0. The van der Waals surface area contributed by atoms with Gasteiger partial charge in [0.2, 0.25) is 5.91 Å². The Labute approximate surface area is 115 Å². The summed E-state index contributed by atoms with van der Waals surface area (Å²) < 4.78 is 0. The Morgan fingerprint density at radius 2 is 2.44 bits per heavy atom. The van der Waals surface area contributed by atoms with Crippen LogP contribution < -0.4 is 0 Å². The van der Waals surface area contributed by atoms with E-state index in [1.54, 1.807) is 11.3 Å². The van der Waals surface area contributed by atoms with Gasteiger partial charge in [0, 0.05) is 23.7 Å². The summed E-state index contributed by atoms with van der Waals surface area (Å²) in [6.07, 6.45) is 0.218. The molecule has 0 aliphatic carbocycles. The molecular weight excluding hydrogens is 270 g/mol. The minimum atomic E-state index is -0.729. The number of nitrogens with zero attached hydrogens (tertiary/aromatic N) is 1. The van der Waals surface area contributed by atoms with Gasteiger partial charge in [-0.05, 0) is 23.4 Å². The Morgan fingerprint density at radius 1 is 1.61 bits per heavy atom. The van der Waals surface area contributed by atoms with E-state index < -0.39 is 6.10 Å². The number of aliphatic hydroxyl groups excluding tert-OH is 2. The van der Waals surface area contributed by atoms with Crippen LogP contribution in [0.4, 0.5) is 0 Å². The Balaban J connectivity index is 1.77. The highest BCUT2D eigenvalue weighted by molar-refractivity contribution is 7.99. The van der Waals surface area contributed by atoms with E-state index in [-0.39, 0.29) is 12.5 Å². The fourth-order valence-electron chi connectivity index (χ4n) is 1.89. The van der Waals surface area contributed by atoms with Crippen molar-refractivity contribution in [3.63, 3.8) is 0 Å². The topological polar surface area (TPSA) is 60.8 Å². The summed E-state index contributed by atoms with van der Waals surface area (Å²) in [5.41, 5.74) is 1.26. The van der Waals surface area contributed by atoms with Gasteiger partial charge in [-0.1, -0.05) is 0 Å². The first-order chi connectivity index (χ1) is 8.70. The van der Waals surface area contributed by atoms with Crippen molar-refractivity contribution in [2.45, 2.75) is 19.1 Å². The summed E-state index contributed by atoms with van der Waals surface area (Å²) in [5.74, 6) is 0.887. The van der Waals surface area contributed by atoms with E-state index in [1.807, 2.05) is 4.90 Å². The zero-order chi connectivity index (χ0) is 13.0. The molecule has 1 aliphatic rings. The summed E-state index contributed by atoms with van der Waals surface area (Å²) >= 11 is 3.13. The molecule has 0 spiro atoms. The molecule has 4 nitrogen and oxygen atoms in total. The predicted octanol–water partition coefficient (Wildman–Crippen LogP) is 0.719. The minimum absolute atomic E-state index is 0.113. The van der Waals surface area contributed by atoms with E-state index in [1.165, 1.54) is 22.2 Å². The quantitative estimate of drug-likeness (QED) is 0.838. The number of hydrogen-bond acceptors (Lipinski definition) is 5. The molecule has 100 valence electrons. The van der Waals surface area contributed by atoms with Gasteiger partial charge in [-0.3, -0.25) is 4.79 Å². The van der Waals surface area contributed by atoms with Crippen molar-refractivity contribution < 1.29 is 15.0 Å². The lowest BCUT2D eigenvalue weighted by atomic mass is 10.1. The zero-order valence-electron chi connectivity index (χ0n) is 10.0. The van der Waals surface area contributed by atoms with Crippen molar-refractivity contribution in [2.75, 3.05) is 24.7 Å². The number of thiophene rings is 1. The highest BCUT2D eigenvalue weighted by atomic mass is 32.2. The number of amides is 1. The molecule has 18 heavy (non-hydrogen) atoms. The van der Waals surface area contributed by atoms with Gasteiger partial charge in [-0.2, -0.15) is 0 Å². The minimum Gasteiger partial charge on any atom is -0.394 e. The lowest BCUT2D eigenvalue weighted by Crippen LogP contribution is -2.36. The summed E-state index contributed by atoms with van der Waals surface area (Å²) in [6, 6.07) is 2.09. The molecule has 1 aliphatic heterocycles. The molecule has 0 fully saturated rings. The first-order valence-electron chi connectivity index (χ1n) is 5.90. The average Bonchev–Trinajstić information content (AvgIpc) is 2.85. The van der Waals surface area contributed by atoms with E-state index >= 15 is 0 Å². The van der Waals surface area contributed by atoms with Crippen LogP contribution in [0.3, 0.4) is 0 Å². The van der Waals surface area contributed by atoms with E-state index in [0.29, 0.717) is 18.1 Å². The Morgan fingerprint density at radius 3 is 3.22 bits per heavy atom.